The first-order valence-electron chi connectivity index (χ1n) is 10.8. The van der Waals surface area contributed by atoms with Gasteiger partial charge in [-0.25, -0.2) is 0 Å². The van der Waals surface area contributed by atoms with Gasteiger partial charge in [0.05, 0.1) is 5.69 Å². The SMILES string of the molecule is Cc1cc(C)cc(OCC(=O)Nc2cc3nn(-c4ccc(C(C)C)cc4)nc3cc2C)c1. The number of aromatic nitrogens is 3. The van der Waals surface area contributed by atoms with E-state index < -0.39 is 0 Å². The van der Waals surface area contributed by atoms with Gasteiger partial charge in [0, 0.05) is 5.69 Å². The minimum atomic E-state index is -0.219. The Morgan fingerprint density at radius 1 is 0.938 bits per heavy atom. The van der Waals surface area contributed by atoms with Crippen LogP contribution in [0.25, 0.3) is 16.7 Å². The van der Waals surface area contributed by atoms with E-state index in [4.69, 9.17) is 4.74 Å². The van der Waals surface area contributed by atoms with Crippen LogP contribution in [-0.4, -0.2) is 27.5 Å². The molecule has 6 nitrogen and oxygen atoms in total. The van der Waals surface area contributed by atoms with Crippen molar-refractivity contribution in [2.45, 2.75) is 40.5 Å². The van der Waals surface area contributed by atoms with Crippen LogP contribution in [0.4, 0.5) is 5.69 Å². The van der Waals surface area contributed by atoms with Gasteiger partial charge in [-0.2, -0.15) is 4.80 Å². The Labute approximate surface area is 188 Å². The molecule has 1 N–H and O–H groups in total. The zero-order valence-electron chi connectivity index (χ0n) is 19.1. The lowest BCUT2D eigenvalue weighted by molar-refractivity contribution is -0.118. The summed E-state index contributed by atoms with van der Waals surface area (Å²) in [6, 6.07) is 17.9. The molecule has 0 saturated heterocycles. The monoisotopic (exact) mass is 428 g/mol. The topological polar surface area (TPSA) is 69.0 Å². The summed E-state index contributed by atoms with van der Waals surface area (Å²) < 4.78 is 5.67. The highest BCUT2D eigenvalue weighted by Gasteiger charge is 2.12. The first-order valence-corrected chi connectivity index (χ1v) is 10.8. The third kappa shape index (κ3) is 4.80. The van der Waals surface area contributed by atoms with E-state index in [1.165, 1.54) is 5.56 Å². The van der Waals surface area contributed by atoms with E-state index in [0.29, 0.717) is 22.9 Å². The van der Waals surface area contributed by atoms with Gasteiger partial charge < -0.3 is 10.1 Å². The predicted molar refractivity (Wildman–Crippen MR) is 128 cm³/mol. The summed E-state index contributed by atoms with van der Waals surface area (Å²) in [5.74, 6) is 0.945. The Bertz CT molecular complexity index is 1250. The predicted octanol–water partition coefficient (Wildman–Crippen LogP) is 5.49. The molecule has 0 radical (unpaired) electrons. The van der Waals surface area contributed by atoms with Gasteiger partial charge in [-0.15, -0.1) is 10.2 Å². The van der Waals surface area contributed by atoms with Crippen molar-refractivity contribution in [2.75, 3.05) is 11.9 Å². The number of benzene rings is 3. The molecule has 0 aliphatic carbocycles. The number of aryl methyl sites for hydroxylation is 3. The largest absolute Gasteiger partial charge is 0.484 e. The van der Waals surface area contributed by atoms with Gasteiger partial charge in [0.2, 0.25) is 0 Å². The first-order chi connectivity index (χ1) is 15.3. The van der Waals surface area contributed by atoms with Gasteiger partial charge in [0.15, 0.2) is 6.61 Å². The highest BCUT2D eigenvalue weighted by molar-refractivity contribution is 5.95. The molecule has 3 aromatic carbocycles. The molecule has 4 rings (SSSR count). The highest BCUT2D eigenvalue weighted by Crippen LogP contribution is 2.23. The normalized spacial score (nSPS) is 11.2. The molecule has 0 unspecified atom stereocenters. The third-order valence-corrected chi connectivity index (χ3v) is 5.36. The Kier molecular flexibility index (Phi) is 5.95. The summed E-state index contributed by atoms with van der Waals surface area (Å²) in [6.45, 7) is 10.2. The summed E-state index contributed by atoms with van der Waals surface area (Å²) in [5.41, 5.74) is 7.49. The van der Waals surface area contributed by atoms with Crippen molar-refractivity contribution in [3.8, 4) is 11.4 Å². The van der Waals surface area contributed by atoms with Crippen molar-refractivity contribution in [1.29, 1.82) is 0 Å². The maximum Gasteiger partial charge on any atom is 0.262 e. The molecule has 0 bridgehead atoms. The molecule has 1 aromatic heterocycles. The molecule has 0 spiro atoms. The van der Waals surface area contributed by atoms with Gasteiger partial charge in [-0.3, -0.25) is 4.79 Å². The van der Waals surface area contributed by atoms with Crippen molar-refractivity contribution in [3.63, 3.8) is 0 Å². The number of rotatable bonds is 6. The van der Waals surface area contributed by atoms with Crippen molar-refractivity contribution in [1.82, 2.24) is 15.0 Å². The number of carbonyl (C=O) groups is 1. The third-order valence-electron chi connectivity index (χ3n) is 5.36. The number of hydrogen-bond donors (Lipinski definition) is 1. The molecule has 4 aromatic rings. The van der Waals surface area contributed by atoms with Crippen LogP contribution in [-0.2, 0) is 4.79 Å². The van der Waals surface area contributed by atoms with Crippen LogP contribution in [0, 0.1) is 20.8 Å². The summed E-state index contributed by atoms with van der Waals surface area (Å²) in [6.07, 6.45) is 0. The second-order valence-electron chi connectivity index (χ2n) is 8.55. The summed E-state index contributed by atoms with van der Waals surface area (Å²) in [7, 11) is 0. The Hall–Kier alpha value is -3.67. The average Bonchev–Trinajstić information content (AvgIpc) is 3.14. The van der Waals surface area contributed by atoms with E-state index in [2.05, 4.69) is 47.6 Å². The van der Waals surface area contributed by atoms with Gasteiger partial charge in [-0.1, -0.05) is 32.0 Å². The quantitative estimate of drug-likeness (QED) is 0.441. The summed E-state index contributed by atoms with van der Waals surface area (Å²) in [5, 5.41) is 12.1. The van der Waals surface area contributed by atoms with Crippen LogP contribution in [0.1, 0.15) is 42.0 Å². The van der Waals surface area contributed by atoms with Crippen LogP contribution in [0.5, 0.6) is 5.75 Å². The molecular formula is C26H28N4O2. The molecule has 32 heavy (non-hydrogen) atoms. The summed E-state index contributed by atoms with van der Waals surface area (Å²) in [4.78, 5) is 14.1. The van der Waals surface area contributed by atoms with Crippen LogP contribution < -0.4 is 10.1 Å². The standard InChI is InChI=1S/C26H28N4O2/c1-16(2)20-6-8-21(9-7-20)30-28-24-13-19(5)23(14-25(24)29-30)27-26(31)15-32-22-11-17(3)10-18(4)12-22/h6-14,16H,15H2,1-5H3,(H,27,31). The first kappa shape index (κ1) is 21.6. The maximum absolute atomic E-state index is 12.5. The number of amides is 1. The van der Waals surface area contributed by atoms with Gasteiger partial charge >= 0.3 is 0 Å². The molecule has 0 aliphatic rings. The van der Waals surface area contributed by atoms with E-state index >= 15 is 0 Å². The van der Waals surface area contributed by atoms with Crippen LogP contribution in [0.2, 0.25) is 0 Å². The number of anilines is 1. The minimum Gasteiger partial charge on any atom is -0.484 e. The van der Waals surface area contributed by atoms with Crippen LogP contribution in [0.15, 0.2) is 54.6 Å². The molecule has 0 fully saturated rings. The van der Waals surface area contributed by atoms with Gasteiger partial charge in [0.25, 0.3) is 5.91 Å². The van der Waals surface area contributed by atoms with Crippen molar-refractivity contribution < 1.29 is 9.53 Å². The molecule has 0 aliphatic heterocycles. The molecule has 6 heteroatoms. The fraction of sp³-hybridized carbons (Fsp3) is 0.269. The molecule has 1 heterocycles. The number of carbonyl (C=O) groups excluding carboxylic acids is 1. The Morgan fingerprint density at radius 2 is 1.56 bits per heavy atom. The second kappa shape index (κ2) is 8.83. The molecule has 1 amide bonds. The second-order valence-corrected chi connectivity index (χ2v) is 8.55. The van der Waals surface area contributed by atoms with Crippen LogP contribution >= 0.6 is 0 Å². The lowest BCUT2D eigenvalue weighted by Gasteiger charge is -2.10. The fourth-order valence-corrected chi connectivity index (χ4v) is 3.66. The van der Waals surface area contributed by atoms with E-state index in [1.807, 2.05) is 57.2 Å². The highest BCUT2D eigenvalue weighted by atomic mass is 16.5. The zero-order chi connectivity index (χ0) is 22.8. The van der Waals surface area contributed by atoms with Crippen LogP contribution in [0.3, 0.4) is 0 Å². The van der Waals surface area contributed by atoms with Gasteiger partial charge in [0.1, 0.15) is 16.8 Å². The van der Waals surface area contributed by atoms with E-state index in [0.717, 1.165) is 27.9 Å². The molecule has 0 atom stereocenters. The van der Waals surface area contributed by atoms with E-state index in [9.17, 15) is 4.79 Å². The van der Waals surface area contributed by atoms with E-state index in [1.54, 1.807) is 4.80 Å². The number of nitrogens with zero attached hydrogens (tertiary/aromatic N) is 3. The van der Waals surface area contributed by atoms with Crippen molar-refractivity contribution >= 4 is 22.6 Å². The zero-order valence-corrected chi connectivity index (χ0v) is 19.1. The number of nitrogens with one attached hydrogen (secondary N) is 1. The smallest absolute Gasteiger partial charge is 0.262 e. The summed E-state index contributed by atoms with van der Waals surface area (Å²) >= 11 is 0. The fourth-order valence-electron chi connectivity index (χ4n) is 3.66. The maximum atomic E-state index is 12.5. The van der Waals surface area contributed by atoms with E-state index in [-0.39, 0.29) is 12.5 Å². The number of hydrogen-bond acceptors (Lipinski definition) is 4. The molecule has 164 valence electrons. The number of ether oxygens (including phenoxy) is 1. The minimum absolute atomic E-state index is 0.0603. The van der Waals surface area contributed by atoms with Crippen molar-refractivity contribution in [2.24, 2.45) is 0 Å². The van der Waals surface area contributed by atoms with Gasteiger partial charge in [-0.05, 0) is 85.3 Å². The molecular weight excluding hydrogens is 400 g/mol. The average molecular weight is 429 g/mol. The number of fused-ring (bicyclic) bond motifs is 1. The van der Waals surface area contributed by atoms with Crippen molar-refractivity contribution in [3.05, 3.63) is 76.9 Å². The Morgan fingerprint density at radius 3 is 2.19 bits per heavy atom. The Balaban J connectivity index is 1.49. The molecule has 0 saturated carbocycles. The lowest BCUT2D eigenvalue weighted by atomic mass is 10.0. The lowest BCUT2D eigenvalue weighted by Crippen LogP contribution is -2.20.